The Bertz CT molecular complexity index is 74.8. The van der Waals surface area contributed by atoms with Crippen molar-refractivity contribution in [3.05, 3.63) is 6.92 Å². The minimum absolute atomic E-state index is 0.195. The molecule has 0 rings (SSSR count). The van der Waals surface area contributed by atoms with Crippen LogP contribution in [0.15, 0.2) is 0 Å². The van der Waals surface area contributed by atoms with Crippen LogP contribution < -0.4 is 5.32 Å². The number of carbonyl (C=O) groups excluding carboxylic acids is 1. The van der Waals surface area contributed by atoms with Gasteiger partial charge in [0.05, 0.1) is 0 Å². The van der Waals surface area contributed by atoms with Gasteiger partial charge in [0.25, 0.3) is 0 Å². The van der Waals surface area contributed by atoms with Crippen molar-refractivity contribution in [1.29, 1.82) is 0 Å². The van der Waals surface area contributed by atoms with Crippen molar-refractivity contribution in [1.82, 2.24) is 5.32 Å². The van der Waals surface area contributed by atoms with Crippen LogP contribution in [0.3, 0.4) is 0 Å². The van der Waals surface area contributed by atoms with Crippen molar-refractivity contribution in [2.75, 3.05) is 18.6 Å². The summed E-state index contributed by atoms with van der Waals surface area (Å²) in [6.45, 7) is 3.88. The topological polar surface area (TPSA) is 29.1 Å². The summed E-state index contributed by atoms with van der Waals surface area (Å²) in [5.74, 6) is 0.764. The summed E-state index contributed by atoms with van der Waals surface area (Å²) in [5.41, 5.74) is 0. The molecule has 1 amide bonds. The van der Waals surface area contributed by atoms with Gasteiger partial charge < -0.3 is 5.32 Å². The zero-order valence-corrected chi connectivity index (χ0v) is 5.75. The summed E-state index contributed by atoms with van der Waals surface area (Å²) < 4.78 is 0. The zero-order valence-electron chi connectivity index (χ0n) is 4.94. The predicted octanol–water partition coefficient (Wildman–Crippen LogP) is 0.300. The summed E-state index contributed by atoms with van der Waals surface area (Å²) >= 11 is 1.70. The number of hydrogen-bond acceptors (Lipinski definition) is 2. The van der Waals surface area contributed by atoms with Gasteiger partial charge in [-0.1, -0.05) is 0 Å². The normalized spacial score (nSPS) is 8.75. The number of rotatable bonds is 3. The molecule has 0 aliphatic carbocycles. The van der Waals surface area contributed by atoms with Gasteiger partial charge in [-0.15, -0.1) is 0 Å². The van der Waals surface area contributed by atoms with E-state index in [-0.39, 0.29) is 5.91 Å². The highest BCUT2D eigenvalue weighted by molar-refractivity contribution is 7.98. The lowest BCUT2D eigenvalue weighted by molar-refractivity contribution is -0.116. The molecule has 0 fully saturated rings. The molecule has 1 radical (unpaired) electrons. The molecule has 8 heavy (non-hydrogen) atoms. The first-order valence-corrected chi connectivity index (χ1v) is 3.75. The first-order valence-electron chi connectivity index (χ1n) is 2.36. The molecule has 0 aromatic heterocycles. The van der Waals surface area contributed by atoms with E-state index in [0.29, 0.717) is 0 Å². The van der Waals surface area contributed by atoms with Gasteiger partial charge in [0.15, 0.2) is 0 Å². The van der Waals surface area contributed by atoms with Crippen LogP contribution in [0.25, 0.3) is 0 Å². The lowest BCUT2D eigenvalue weighted by atomic mass is 10.6. The zero-order chi connectivity index (χ0) is 6.41. The Kier molecular flexibility index (Phi) is 4.85. The Labute approximate surface area is 54.0 Å². The third-order valence-corrected chi connectivity index (χ3v) is 1.24. The predicted molar refractivity (Wildman–Crippen MR) is 36.7 cm³/mol. The van der Waals surface area contributed by atoms with E-state index >= 15 is 0 Å². The number of carbonyl (C=O) groups is 1. The number of amides is 1. The van der Waals surface area contributed by atoms with Crippen LogP contribution in [0.5, 0.6) is 0 Å². The lowest BCUT2D eigenvalue weighted by Crippen LogP contribution is -2.22. The second-order valence-electron chi connectivity index (χ2n) is 1.34. The molecule has 3 heteroatoms. The third-order valence-electron chi connectivity index (χ3n) is 0.628. The summed E-state index contributed by atoms with van der Waals surface area (Å²) in [4.78, 5) is 10.1. The summed E-state index contributed by atoms with van der Waals surface area (Å²) in [6.07, 6.45) is 2.00. The second-order valence-corrected chi connectivity index (χ2v) is 2.33. The largest absolute Gasteiger partial charge is 0.355 e. The summed E-state index contributed by atoms with van der Waals surface area (Å²) in [5, 5.41) is 2.58. The van der Waals surface area contributed by atoms with E-state index < -0.39 is 0 Å². The van der Waals surface area contributed by atoms with Crippen LogP contribution in [0.1, 0.15) is 0 Å². The fourth-order valence-corrected chi connectivity index (χ4v) is 0.599. The first-order chi connectivity index (χ1) is 3.77. The van der Waals surface area contributed by atoms with Crippen LogP contribution in [0.4, 0.5) is 0 Å². The molecule has 2 nitrogen and oxygen atoms in total. The second kappa shape index (κ2) is 4.97. The van der Waals surface area contributed by atoms with Crippen molar-refractivity contribution in [2.24, 2.45) is 0 Å². The Balaban J connectivity index is 2.82. The Morgan fingerprint density at radius 1 is 1.88 bits per heavy atom. The van der Waals surface area contributed by atoms with Gasteiger partial charge in [-0.25, -0.2) is 0 Å². The molecule has 1 N–H and O–H groups in total. The van der Waals surface area contributed by atoms with Gasteiger partial charge in [0, 0.05) is 19.2 Å². The van der Waals surface area contributed by atoms with Crippen molar-refractivity contribution in [3.8, 4) is 0 Å². The van der Waals surface area contributed by atoms with Crippen molar-refractivity contribution >= 4 is 17.7 Å². The molecule has 0 aromatic rings. The minimum atomic E-state index is -0.195. The highest BCUT2D eigenvalue weighted by Crippen LogP contribution is 1.86. The standard InChI is InChI=1S/C5H10NOS/c1-5(7)6-3-4-8-2/h1,3-4H2,2H3,(H,6,7). The first kappa shape index (κ1) is 7.82. The quantitative estimate of drug-likeness (QED) is 0.560. The van der Waals surface area contributed by atoms with E-state index in [2.05, 4.69) is 12.2 Å². The van der Waals surface area contributed by atoms with E-state index in [1.54, 1.807) is 11.8 Å². The Morgan fingerprint density at radius 2 is 2.50 bits per heavy atom. The van der Waals surface area contributed by atoms with Gasteiger partial charge in [0.2, 0.25) is 5.91 Å². The average Bonchev–Trinajstić information content (AvgIpc) is 1.66. The molecule has 0 saturated heterocycles. The van der Waals surface area contributed by atoms with Crippen molar-refractivity contribution in [3.63, 3.8) is 0 Å². The van der Waals surface area contributed by atoms with E-state index in [4.69, 9.17) is 0 Å². The van der Waals surface area contributed by atoms with Crippen LogP contribution >= 0.6 is 11.8 Å². The van der Waals surface area contributed by atoms with E-state index in [0.717, 1.165) is 12.3 Å². The van der Waals surface area contributed by atoms with Crippen molar-refractivity contribution < 1.29 is 4.79 Å². The molecule has 0 aliphatic heterocycles. The Morgan fingerprint density at radius 3 is 2.88 bits per heavy atom. The smallest absolute Gasteiger partial charge is 0.220 e. The monoisotopic (exact) mass is 132 g/mol. The van der Waals surface area contributed by atoms with E-state index in [1.165, 1.54) is 0 Å². The van der Waals surface area contributed by atoms with Crippen molar-refractivity contribution in [2.45, 2.75) is 0 Å². The van der Waals surface area contributed by atoms with Crippen LogP contribution in [0, 0.1) is 6.92 Å². The van der Waals surface area contributed by atoms with Gasteiger partial charge in [0.1, 0.15) is 0 Å². The maximum Gasteiger partial charge on any atom is 0.220 e. The average molecular weight is 132 g/mol. The van der Waals surface area contributed by atoms with Crippen LogP contribution in [0.2, 0.25) is 0 Å². The van der Waals surface area contributed by atoms with Gasteiger partial charge >= 0.3 is 0 Å². The highest BCUT2D eigenvalue weighted by Gasteiger charge is 1.86. The molecule has 0 unspecified atom stereocenters. The van der Waals surface area contributed by atoms with Crippen LogP contribution in [-0.4, -0.2) is 24.5 Å². The van der Waals surface area contributed by atoms with E-state index in [1.807, 2.05) is 6.26 Å². The number of thioether (sulfide) groups is 1. The number of nitrogens with one attached hydrogen (secondary N) is 1. The fraction of sp³-hybridized carbons (Fsp3) is 0.600. The molecule has 0 aliphatic rings. The molecule has 0 atom stereocenters. The van der Waals surface area contributed by atoms with Gasteiger partial charge in [-0.3, -0.25) is 4.79 Å². The van der Waals surface area contributed by atoms with Gasteiger partial charge in [-0.05, 0) is 6.26 Å². The molecular weight excluding hydrogens is 122 g/mol. The Hall–Kier alpha value is -0.180. The third kappa shape index (κ3) is 5.82. The molecule has 0 bridgehead atoms. The highest BCUT2D eigenvalue weighted by atomic mass is 32.2. The van der Waals surface area contributed by atoms with Crippen LogP contribution in [-0.2, 0) is 4.79 Å². The maximum absolute atomic E-state index is 10.1. The van der Waals surface area contributed by atoms with Gasteiger partial charge in [-0.2, -0.15) is 11.8 Å². The molecule has 0 heterocycles. The molecule has 0 aromatic carbocycles. The summed E-state index contributed by atoms with van der Waals surface area (Å²) in [7, 11) is 0. The SMILES string of the molecule is [CH2]C(=O)NCCSC. The fourth-order valence-electron chi connectivity index (χ4n) is 0.293. The molecule has 47 valence electrons. The number of hydrogen-bond donors (Lipinski definition) is 1. The molecule has 0 saturated carbocycles. The summed E-state index contributed by atoms with van der Waals surface area (Å²) in [6, 6.07) is 0. The minimum Gasteiger partial charge on any atom is -0.355 e. The molecule has 0 spiro atoms. The van der Waals surface area contributed by atoms with E-state index in [9.17, 15) is 4.79 Å². The lowest BCUT2D eigenvalue weighted by Gasteiger charge is -1.96. The maximum atomic E-state index is 10.1. The molecular formula is C5H10NOS.